The second-order valence-corrected chi connectivity index (χ2v) is 4.66. The van der Waals surface area contributed by atoms with Gasteiger partial charge in [0, 0.05) is 5.41 Å². The summed E-state index contributed by atoms with van der Waals surface area (Å²) in [6.07, 6.45) is 2.46. The van der Waals surface area contributed by atoms with E-state index < -0.39 is 0 Å². The van der Waals surface area contributed by atoms with Crippen LogP contribution in [0, 0.1) is 12.3 Å². The first kappa shape index (κ1) is 13.5. The zero-order valence-corrected chi connectivity index (χ0v) is 10.5. The summed E-state index contributed by atoms with van der Waals surface area (Å²) in [6, 6.07) is 0. The minimum Gasteiger partial charge on any atom is -0.445 e. The number of oxazole rings is 1. The highest BCUT2D eigenvalue weighted by atomic mass is 16.4. The third-order valence-electron chi connectivity index (χ3n) is 2.67. The second-order valence-electron chi connectivity index (χ2n) is 4.66. The molecule has 1 heterocycles. The molecule has 0 spiro atoms. The highest BCUT2D eigenvalue weighted by molar-refractivity contribution is 5.85. The molecule has 4 N–H and O–H groups in total. The topological polar surface area (TPSA) is 96.7 Å². The molecule has 0 aliphatic heterocycles. The summed E-state index contributed by atoms with van der Waals surface area (Å²) < 4.78 is 5.32. The molecule has 1 aromatic heterocycles. The van der Waals surface area contributed by atoms with E-state index >= 15 is 0 Å². The first-order chi connectivity index (χ1) is 7.95. The maximum absolute atomic E-state index is 8.63. The number of nitrogens with zero attached hydrogens (tertiary/aromatic N) is 2. The molecule has 6 heteroatoms. The van der Waals surface area contributed by atoms with Gasteiger partial charge in [-0.2, -0.15) is 0 Å². The van der Waals surface area contributed by atoms with Gasteiger partial charge in [-0.3, -0.25) is 0 Å². The SMILES string of the molecule is Cc1cnc(CNCCC(C)(C)C(N)=NO)o1. The number of nitrogens with one attached hydrogen (secondary N) is 1. The lowest BCUT2D eigenvalue weighted by Crippen LogP contribution is -2.34. The Morgan fingerprint density at radius 1 is 1.65 bits per heavy atom. The Kier molecular flexibility index (Phi) is 4.51. The molecule has 6 nitrogen and oxygen atoms in total. The molecule has 0 saturated carbocycles. The van der Waals surface area contributed by atoms with Crippen LogP contribution >= 0.6 is 0 Å². The van der Waals surface area contributed by atoms with Gasteiger partial charge in [0.25, 0.3) is 0 Å². The molecule has 17 heavy (non-hydrogen) atoms. The minimum atomic E-state index is -0.325. The first-order valence-corrected chi connectivity index (χ1v) is 5.56. The molecule has 0 amide bonds. The van der Waals surface area contributed by atoms with Crippen molar-refractivity contribution in [2.75, 3.05) is 6.54 Å². The molecule has 1 aromatic rings. The zero-order chi connectivity index (χ0) is 12.9. The van der Waals surface area contributed by atoms with Crippen molar-refractivity contribution in [1.82, 2.24) is 10.3 Å². The Hall–Kier alpha value is -1.56. The fourth-order valence-corrected chi connectivity index (χ4v) is 1.34. The van der Waals surface area contributed by atoms with Crippen molar-refractivity contribution >= 4 is 5.84 Å². The predicted octanol–water partition coefficient (Wildman–Crippen LogP) is 1.24. The van der Waals surface area contributed by atoms with Crippen molar-refractivity contribution in [2.45, 2.75) is 33.7 Å². The summed E-state index contributed by atoms with van der Waals surface area (Å²) in [5.41, 5.74) is 5.26. The molecular formula is C11H20N4O2. The summed E-state index contributed by atoms with van der Waals surface area (Å²) in [6.45, 7) is 7.04. The number of nitrogens with two attached hydrogens (primary N) is 1. The molecule has 0 fully saturated rings. The van der Waals surface area contributed by atoms with E-state index in [9.17, 15) is 0 Å². The van der Waals surface area contributed by atoms with Crippen LogP contribution in [0.2, 0.25) is 0 Å². The highest BCUT2D eigenvalue weighted by Gasteiger charge is 2.22. The van der Waals surface area contributed by atoms with E-state index in [0.29, 0.717) is 12.4 Å². The third-order valence-corrected chi connectivity index (χ3v) is 2.67. The van der Waals surface area contributed by atoms with Gasteiger partial charge >= 0.3 is 0 Å². The molecule has 0 atom stereocenters. The van der Waals surface area contributed by atoms with E-state index in [1.165, 1.54) is 0 Å². The van der Waals surface area contributed by atoms with Crippen LogP contribution in [0.15, 0.2) is 15.8 Å². The highest BCUT2D eigenvalue weighted by Crippen LogP contribution is 2.19. The van der Waals surface area contributed by atoms with Crippen molar-refractivity contribution in [3.05, 3.63) is 17.8 Å². The number of amidine groups is 1. The van der Waals surface area contributed by atoms with Crippen LogP contribution in [-0.4, -0.2) is 22.6 Å². The van der Waals surface area contributed by atoms with E-state index in [4.69, 9.17) is 15.4 Å². The summed E-state index contributed by atoms with van der Waals surface area (Å²) in [5, 5.41) is 14.9. The molecule has 96 valence electrons. The maximum atomic E-state index is 8.63. The lowest BCUT2D eigenvalue weighted by atomic mass is 9.88. The van der Waals surface area contributed by atoms with Crippen LogP contribution < -0.4 is 11.1 Å². The van der Waals surface area contributed by atoms with Gasteiger partial charge in [0.05, 0.1) is 12.7 Å². The van der Waals surface area contributed by atoms with E-state index in [1.54, 1.807) is 6.20 Å². The third kappa shape index (κ3) is 4.07. The van der Waals surface area contributed by atoms with E-state index in [2.05, 4.69) is 15.5 Å². The van der Waals surface area contributed by atoms with Crippen molar-refractivity contribution in [3.63, 3.8) is 0 Å². The predicted molar refractivity (Wildman–Crippen MR) is 64.8 cm³/mol. The largest absolute Gasteiger partial charge is 0.445 e. The fourth-order valence-electron chi connectivity index (χ4n) is 1.34. The summed E-state index contributed by atoms with van der Waals surface area (Å²) in [5.74, 6) is 1.72. The maximum Gasteiger partial charge on any atom is 0.208 e. The van der Waals surface area contributed by atoms with Gasteiger partial charge in [-0.05, 0) is 19.9 Å². The summed E-state index contributed by atoms with van der Waals surface area (Å²) in [7, 11) is 0. The Balaban J connectivity index is 2.29. The van der Waals surface area contributed by atoms with Crippen molar-refractivity contribution in [2.24, 2.45) is 16.3 Å². The smallest absolute Gasteiger partial charge is 0.208 e. The second kappa shape index (κ2) is 5.67. The molecule has 0 bridgehead atoms. The number of oxime groups is 1. The molecule has 0 radical (unpaired) electrons. The van der Waals surface area contributed by atoms with Crippen molar-refractivity contribution in [3.8, 4) is 0 Å². The van der Waals surface area contributed by atoms with Crippen LogP contribution in [0.4, 0.5) is 0 Å². The van der Waals surface area contributed by atoms with Crippen LogP contribution in [0.1, 0.15) is 31.9 Å². The Bertz CT molecular complexity index is 385. The zero-order valence-electron chi connectivity index (χ0n) is 10.5. The van der Waals surface area contributed by atoms with Gasteiger partial charge in [0.2, 0.25) is 5.89 Å². The Morgan fingerprint density at radius 3 is 2.88 bits per heavy atom. The monoisotopic (exact) mass is 240 g/mol. The average Bonchev–Trinajstić information content (AvgIpc) is 2.69. The Labute approximate surface area is 101 Å². The Morgan fingerprint density at radius 2 is 2.35 bits per heavy atom. The number of aromatic nitrogens is 1. The number of rotatable bonds is 6. The van der Waals surface area contributed by atoms with Crippen LogP contribution in [0.3, 0.4) is 0 Å². The van der Waals surface area contributed by atoms with Gasteiger partial charge in [-0.15, -0.1) is 0 Å². The van der Waals surface area contributed by atoms with Crippen molar-refractivity contribution in [1.29, 1.82) is 0 Å². The van der Waals surface area contributed by atoms with Crippen LogP contribution in [0.25, 0.3) is 0 Å². The first-order valence-electron chi connectivity index (χ1n) is 5.56. The lowest BCUT2D eigenvalue weighted by Gasteiger charge is -2.22. The van der Waals surface area contributed by atoms with E-state index in [0.717, 1.165) is 18.7 Å². The van der Waals surface area contributed by atoms with Gasteiger partial charge in [-0.25, -0.2) is 4.98 Å². The normalized spacial score (nSPS) is 13.0. The minimum absolute atomic E-state index is 0.242. The average molecular weight is 240 g/mol. The molecule has 0 unspecified atom stereocenters. The van der Waals surface area contributed by atoms with Gasteiger partial charge in [0.1, 0.15) is 11.6 Å². The molecule has 0 aliphatic carbocycles. The molecular weight excluding hydrogens is 220 g/mol. The van der Waals surface area contributed by atoms with Crippen LogP contribution in [0.5, 0.6) is 0 Å². The number of aryl methyl sites for hydroxylation is 1. The lowest BCUT2D eigenvalue weighted by molar-refractivity contribution is 0.304. The van der Waals surface area contributed by atoms with E-state index in [1.807, 2.05) is 20.8 Å². The standard InChI is InChI=1S/C11H20N4O2/c1-8-6-14-9(17-8)7-13-5-4-11(2,3)10(12)15-16/h6,13,16H,4-5,7H2,1-3H3,(H2,12,15). The quantitative estimate of drug-likeness (QED) is 0.228. The molecule has 0 aromatic carbocycles. The van der Waals surface area contributed by atoms with Gasteiger partial charge in [0.15, 0.2) is 0 Å². The summed E-state index contributed by atoms with van der Waals surface area (Å²) >= 11 is 0. The van der Waals surface area contributed by atoms with Gasteiger partial charge < -0.3 is 20.7 Å². The molecule has 1 rings (SSSR count). The number of hydrogen-bond donors (Lipinski definition) is 3. The van der Waals surface area contributed by atoms with Crippen molar-refractivity contribution < 1.29 is 9.62 Å². The van der Waals surface area contributed by atoms with Gasteiger partial charge in [-0.1, -0.05) is 19.0 Å². The molecule has 0 saturated heterocycles. The summed E-state index contributed by atoms with van der Waals surface area (Å²) in [4.78, 5) is 4.08. The fraction of sp³-hybridized carbons (Fsp3) is 0.636. The van der Waals surface area contributed by atoms with Crippen LogP contribution in [-0.2, 0) is 6.54 Å². The molecule has 0 aliphatic rings. The number of hydrogen-bond acceptors (Lipinski definition) is 5. The van der Waals surface area contributed by atoms with E-state index in [-0.39, 0.29) is 11.3 Å².